The number of hydrogen-bond donors (Lipinski definition) is 7. The fraction of sp³-hybridized carbons (Fsp3) is 0.667. The minimum Gasteiger partial charge on any atom is -0.436 e. The van der Waals surface area contributed by atoms with Crippen molar-refractivity contribution in [3.63, 3.8) is 0 Å². The average molecular weight is 712 g/mol. The van der Waals surface area contributed by atoms with E-state index >= 15 is 0 Å². The first-order chi connectivity index (χ1) is 22.6. The van der Waals surface area contributed by atoms with Crippen molar-refractivity contribution in [2.45, 2.75) is 19.4 Å². The number of thiol groups is 1. The Kier molecular flexibility index (Phi) is 24.1. The summed E-state index contributed by atoms with van der Waals surface area (Å²) >= 11 is 4.08. The maximum atomic E-state index is 13.6. The highest BCUT2D eigenvalue weighted by Gasteiger charge is 2.30. The van der Waals surface area contributed by atoms with Crippen LogP contribution in [0.3, 0.4) is 0 Å². The van der Waals surface area contributed by atoms with Gasteiger partial charge in [0.25, 0.3) is 6.57 Å². The zero-order valence-corrected chi connectivity index (χ0v) is 28.6. The third-order valence-corrected chi connectivity index (χ3v) is 8.55. The number of amides is 3. The molecule has 1 aromatic carbocycles. The molecule has 47 heavy (non-hydrogen) atoms. The second kappa shape index (κ2) is 26.6. The molecule has 1 rings (SSSR count). The molecule has 20 heteroatoms. The Morgan fingerprint density at radius 3 is 1.62 bits per heavy atom. The van der Waals surface area contributed by atoms with Gasteiger partial charge in [0.1, 0.15) is 5.75 Å². The number of nitrogens with two attached hydrogens (primary N) is 3. The fourth-order valence-corrected chi connectivity index (χ4v) is 4.66. The zero-order valence-electron chi connectivity index (χ0n) is 26.8. The third kappa shape index (κ3) is 21.2. The molecule has 18 nitrogen and oxygen atoms in total. The number of ether oxygens (including phenoxy) is 3. The second-order valence-electron chi connectivity index (χ2n) is 9.75. The fourth-order valence-electron chi connectivity index (χ4n) is 3.80. The summed E-state index contributed by atoms with van der Waals surface area (Å²) in [6, 6.07) is 5.68. The molecule has 0 bridgehead atoms. The van der Waals surface area contributed by atoms with Crippen LogP contribution in [0.25, 0.3) is 0 Å². The molecule has 0 heterocycles. The largest absolute Gasteiger partial charge is 0.436 e. The lowest BCUT2D eigenvalue weighted by Gasteiger charge is -2.30. The smallest absolute Gasteiger partial charge is 0.300 e. The normalized spacial score (nSPS) is 13.1. The quantitative estimate of drug-likeness (QED) is 0.0216. The topological polar surface area (TPSA) is 250 Å². The van der Waals surface area contributed by atoms with E-state index in [0.29, 0.717) is 11.3 Å². The van der Waals surface area contributed by atoms with E-state index in [2.05, 4.69) is 42.7 Å². The van der Waals surface area contributed by atoms with Gasteiger partial charge >= 0.3 is 0 Å². The van der Waals surface area contributed by atoms with Crippen LogP contribution < -0.4 is 38.2 Å². The highest BCUT2D eigenvalue weighted by atomic mass is 32.7. The highest BCUT2D eigenvalue weighted by molar-refractivity contribution is 8.46. The summed E-state index contributed by atoms with van der Waals surface area (Å²) in [5.74, 6) is 14.0. The first-order valence-electron chi connectivity index (χ1n) is 15.0. The van der Waals surface area contributed by atoms with Crippen LogP contribution in [0.2, 0.25) is 0 Å². The van der Waals surface area contributed by atoms with Crippen LogP contribution in [0.1, 0.15) is 12.5 Å². The minimum atomic E-state index is -3.09. The van der Waals surface area contributed by atoms with Gasteiger partial charge < -0.3 is 49.2 Å². The number of nitrogens with one attached hydrogen (secondary N) is 3. The van der Waals surface area contributed by atoms with Crippen LogP contribution in [-0.2, 0) is 54.1 Å². The lowest BCUT2D eigenvalue weighted by Crippen LogP contribution is -2.54. The Morgan fingerprint density at radius 1 is 0.745 bits per heavy atom. The molecule has 9 N–H and O–H groups in total. The molecule has 0 aliphatic rings. The molecule has 0 fully saturated rings. The van der Waals surface area contributed by atoms with Crippen LogP contribution in [0.15, 0.2) is 24.3 Å². The Morgan fingerprint density at radius 2 is 1.19 bits per heavy atom. The van der Waals surface area contributed by atoms with Gasteiger partial charge in [0.05, 0.1) is 78.6 Å². The standard InChI is InChI=1S/C27H50N7O11PS/c1-2-46(38,47)45-23-5-3-22(4-6-23)19-24(27(37)33-9-12-41-15-18-44-30)34(20-25(35)31-7-10-39-13-16-42-28)21-26(36)32-8-11-40-14-17-43-29/h3-6,24H,2,7-21,28-30H2,1H3,(H,31,35)(H,32,36)(H,33,37)(H,38,47). The number of hydrogen-bond acceptors (Lipinski definition) is 15. The second-order valence-corrected chi connectivity index (χ2v) is 13.7. The lowest BCUT2D eigenvalue weighted by molar-refractivity contribution is -0.131. The molecule has 0 aromatic heterocycles. The van der Waals surface area contributed by atoms with E-state index < -0.39 is 30.3 Å². The van der Waals surface area contributed by atoms with Crippen molar-refractivity contribution < 1.29 is 52.2 Å². The van der Waals surface area contributed by atoms with Gasteiger partial charge in [-0.3, -0.25) is 23.8 Å². The van der Waals surface area contributed by atoms with Crippen LogP contribution in [-0.4, -0.2) is 127 Å². The summed E-state index contributed by atoms with van der Waals surface area (Å²) in [5, 5.41) is 8.25. The SMILES string of the molecule is CCP(=O)(S)Oc1ccc(CC(C(=O)NCCOCCON)N(CC(=O)NCCOCCON)CC(=O)NCCOCCON)cc1. The Hall–Kier alpha value is -2.39. The summed E-state index contributed by atoms with van der Waals surface area (Å²) in [6.07, 6.45) is 0.357. The van der Waals surface area contributed by atoms with Gasteiger partial charge in [-0.1, -0.05) is 31.3 Å². The number of nitrogens with zero attached hydrogens (tertiary/aromatic N) is 1. The van der Waals surface area contributed by atoms with Crippen LogP contribution in [0.5, 0.6) is 5.75 Å². The number of rotatable bonds is 29. The van der Waals surface area contributed by atoms with Gasteiger partial charge in [0, 0.05) is 25.8 Å². The number of carbonyl (C=O) groups excluding carboxylic acids is 3. The molecule has 2 atom stereocenters. The van der Waals surface area contributed by atoms with Gasteiger partial charge in [-0.15, -0.1) is 0 Å². The molecule has 0 aliphatic carbocycles. The van der Waals surface area contributed by atoms with Crippen molar-refractivity contribution in [1.29, 1.82) is 0 Å². The first kappa shape index (κ1) is 42.6. The van der Waals surface area contributed by atoms with Gasteiger partial charge in [-0.2, -0.15) is 0 Å². The van der Waals surface area contributed by atoms with Crippen LogP contribution in [0.4, 0.5) is 0 Å². The molecular formula is C27H50N7O11PS. The first-order valence-corrected chi connectivity index (χ1v) is 18.0. The summed E-state index contributed by atoms with van der Waals surface area (Å²) in [6.45, 7) is 0.472. The minimum absolute atomic E-state index is 0.116. The van der Waals surface area contributed by atoms with Crippen molar-refractivity contribution in [2.75, 3.05) is 98.3 Å². The van der Waals surface area contributed by atoms with E-state index in [4.69, 9.17) is 36.4 Å². The number of benzene rings is 1. The summed E-state index contributed by atoms with van der Waals surface area (Å²) < 4.78 is 33.8. The number of carbonyl (C=O) groups is 3. The van der Waals surface area contributed by atoms with Crippen molar-refractivity contribution in [2.24, 2.45) is 17.7 Å². The maximum Gasteiger partial charge on any atom is 0.300 e. The predicted molar refractivity (Wildman–Crippen MR) is 175 cm³/mol. The molecule has 0 spiro atoms. The molecule has 3 amide bonds. The Labute approximate surface area is 280 Å². The third-order valence-electron chi connectivity index (χ3n) is 6.16. The van der Waals surface area contributed by atoms with Gasteiger partial charge in [-0.25, -0.2) is 17.7 Å². The molecule has 1 aromatic rings. The van der Waals surface area contributed by atoms with Crippen molar-refractivity contribution in [3.05, 3.63) is 29.8 Å². The highest BCUT2D eigenvalue weighted by Crippen LogP contribution is 2.51. The van der Waals surface area contributed by atoms with Crippen LogP contribution in [0, 0.1) is 0 Å². The van der Waals surface area contributed by atoms with Crippen LogP contribution >= 0.6 is 18.8 Å². The lowest BCUT2D eigenvalue weighted by atomic mass is 10.0. The molecule has 0 saturated heterocycles. The molecule has 0 radical (unpaired) electrons. The molecule has 0 saturated carbocycles. The van der Waals surface area contributed by atoms with Gasteiger partial charge in [0.2, 0.25) is 17.7 Å². The zero-order chi connectivity index (χ0) is 34.8. The molecule has 0 aliphatic heterocycles. The summed E-state index contributed by atoms with van der Waals surface area (Å²) in [4.78, 5) is 54.4. The molecule has 2 unspecified atom stereocenters. The van der Waals surface area contributed by atoms with Gasteiger partial charge in [-0.05, 0) is 24.1 Å². The molecular weight excluding hydrogens is 661 g/mol. The monoisotopic (exact) mass is 711 g/mol. The average Bonchev–Trinajstić information content (AvgIpc) is 3.05. The van der Waals surface area contributed by atoms with Gasteiger partial charge in [0.15, 0.2) is 0 Å². The molecule has 270 valence electrons. The van der Waals surface area contributed by atoms with Crippen molar-refractivity contribution >= 4 is 36.5 Å². The summed E-state index contributed by atoms with van der Waals surface area (Å²) in [7, 11) is 0. The maximum absolute atomic E-state index is 13.6. The van der Waals surface area contributed by atoms with Crippen molar-refractivity contribution in [3.8, 4) is 5.75 Å². The predicted octanol–water partition coefficient (Wildman–Crippen LogP) is -1.51. The van der Waals surface area contributed by atoms with Crippen molar-refractivity contribution in [1.82, 2.24) is 20.9 Å². The Bertz CT molecular complexity index is 1030. The van der Waals surface area contributed by atoms with E-state index in [1.54, 1.807) is 31.2 Å². The summed E-state index contributed by atoms with van der Waals surface area (Å²) in [5.41, 5.74) is 0.691. The van der Waals surface area contributed by atoms with E-state index in [0.717, 1.165) is 0 Å². The van der Waals surface area contributed by atoms with E-state index in [1.165, 1.54) is 4.90 Å². The van der Waals surface area contributed by atoms with E-state index in [-0.39, 0.29) is 105 Å². The van der Waals surface area contributed by atoms with E-state index in [9.17, 15) is 18.9 Å². The Balaban J connectivity index is 3.11. The van der Waals surface area contributed by atoms with E-state index in [1.807, 2.05) is 0 Å².